The van der Waals surface area contributed by atoms with Crippen LogP contribution in [0, 0.1) is 0 Å². The van der Waals surface area contributed by atoms with Crippen LogP contribution >= 0.6 is 7.95 Å². The van der Waals surface area contributed by atoms with Crippen LogP contribution in [0.25, 0.3) is 0 Å². The Morgan fingerprint density at radius 3 is 2.67 bits per heavy atom. The standard InChI is InChI=1S/C5H13N2OP/c6-9(8)5-3-1-2-4-7-5/h5,7,9H,1-4H2,(H2,6,8). The van der Waals surface area contributed by atoms with Crippen molar-refractivity contribution in [2.24, 2.45) is 5.50 Å². The Bertz CT molecular complexity index is 112. The van der Waals surface area contributed by atoms with Crippen molar-refractivity contribution in [1.82, 2.24) is 5.32 Å². The van der Waals surface area contributed by atoms with E-state index < -0.39 is 7.95 Å². The van der Waals surface area contributed by atoms with Gasteiger partial charge in [0.15, 0.2) is 0 Å². The summed E-state index contributed by atoms with van der Waals surface area (Å²) < 4.78 is 10.7. The zero-order chi connectivity index (χ0) is 6.69. The summed E-state index contributed by atoms with van der Waals surface area (Å²) >= 11 is 0. The van der Waals surface area contributed by atoms with Crippen LogP contribution in [0.3, 0.4) is 0 Å². The molecule has 9 heavy (non-hydrogen) atoms. The van der Waals surface area contributed by atoms with Crippen molar-refractivity contribution >= 4 is 7.95 Å². The lowest BCUT2D eigenvalue weighted by atomic mass is 10.2. The van der Waals surface area contributed by atoms with E-state index in [1.807, 2.05) is 0 Å². The summed E-state index contributed by atoms with van der Waals surface area (Å²) in [6.07, 6.45) is 3.37. The first kappa shape index (κ1) is 7.26. The average Bonchev–Trinajstić information content (AvgIpc) is 1.90. The molecule has 3 N–H and O–H groups in total. The zero-order valence-electron chi connectivity index (χ0n) is 5.39. The van der Waals surface area contributed by atoms with Crippen molar-refractivity contribution in [3.05, 3.63) is 0 Å². The molecule has 4 heteroatoms. The Kier molecular flexibility index (Phi) is 2.70. The minimum absolute atomic E-state index is 0.128. The van der Waals surface area contributed by atoms with Gasteiger partial charge < -0.3 is 9.88 Å². The van der Waals surface area contributed by atoms with Crippen molar-refractivity contribution in [1.29, 1.82) is 0 Å². The second-order valence-electron chi connectivity index (χ2n) is 2.40. The molecule has 0 amide bonds. The fourth-order valence-corrected chi connectivity index (χ4v) is 1.93. The van der Waals surface area contributed by atoms with Crippen molar-refractivity contribution in [3.8, 4) is 0 Å². The first-order valence-corrected chi connectivity index (χ1v) is 4.89. The molecule has 0 aliphatic carbocycles. The normalized spacial score (nSPS) is 31.9. The molecule has 1 saturated heterocycles. The second kappa shape index (κ2) is 3.35. The van der Waals surface area contributed by atoms with Crippen molar-refractivity contribution < 1.29 is 4.57 Å². The van der Waals surface area contributed by atoms with Crippen molar-refractivity contribution in [2.45, 2.75) is 25.0 Å². The van der Waals surface area contributed by atoms with E-state index in [4.69, 9.17) is 5.50 Å². The van der Waals surface area contributed by atoms with E-state index in [0.717, 1.165) is 13.0 Å². The molecular weight excluding hydrogens is 135 g/mol. The molecule has 2 atom stereocenters. The minimum atomic E-state index is -1.80. The molecule has 1 fully saturated rings. The van der Waals surface area contributed by atoms with E-state index in [1.165, 1.54) is 12.8 Å². The molecular formula is C5H13N2OP. The van der Waals surface area contributed by atoms with E-state index in [0.29, 0.717) is 0 Å². The minimum Gasteiger partial charge on any atom is -0.309 e. The zero-order valence-corrected chi connectivity index (χ0v) is 6.39. The maximum absolute atomic E-state index is 10.7. The third kappa shape index (κ3) is 2.09. The van der Waals surface area contributed by atoms with Crippen LogP contribution in [-0.2, 0) is 4.57 Å². The number of piperidine rings is 1. The van der Waals surface area contributed by atoms with Gasteiger partial charge in [-0.25, -0.2) is 0 Å². The van der Waals surface area contributed by atoms with Gasteiger partial charge in [-0.15, -0.1) is 0 Å². The molecule has 1 aliphatic heterocycles. The number of hydrogen-bond donors (Lipinski definition) is 2. The molecule has 0 radical (unpaired) electrons. The van der Waals surface area contributed by atoms with Crippen molar-refractivity contribution in [2.75, 3.05) is 6.54 Å². The molecule has 54 valence electrons. The molecule has 0 spiro atoms. The molecule has 3 nitrogen and oxygen atoms in total. The highest BCUT2D eigenvalue weighted by atomic mass is 31.1. The summed E-state index contributed by atoms with van der Waals surface area (Å²) in [4.78, 5) is 0. The van der Waals surface area contributed by atoms with E-state index in [2.05, 4.69) is 5.32 Å². The Morgan fingerprint density at radius 2 is 2.33 bits per heavy atom. The molecule has 1 aliphatic rings. The van der Waals surface area contributed by atoms with Gasteiger partial charge in [0.1, 0.15) is 7.95 Å². The van der Waals surface area contributed by atoms with Crippen LogP contribution in [0.5, 0.6) is 0 Å². The molecule has 2 unspecified atom stereocenters. The van der Waals surface area contributed by atoms with Gasteiger partial charge in [-0.3, -0.25) is 5.50 Å². The molecule has 0 aromatic carbocycles. The van der Waals surface area contributed by atoms with Gasteiger partial charge in [0, 0.05) is 0 Å². The van der Waals surface area contributed by atoms with Crippen LogP contribution in [0.15, 0.2) is 0 Å². The van der Waals surface area contributed by atoms with Gasteiger partial charge in [0.25, 0.3) is 0 Å². The van der Waals surface area contributed by atoms with E-state index >= 15 is 0 Å². The maximum Gasteiger partial charge on any atom is 0.149 e. The van der Waals surface area contributed by atoms with Gasteiger partial charge in [0.2, 0.25) is 0 Å². The molecule has 0 saturated carbocycles. The fraction of sp³-hybridized carbons (Fsp3) is 1.00. The first-order valence-electron chi connectivity index (χ1n) is 3.33. The largest absolute Gasteiger partial charge is 0.309 e. The van der Waals surface area contributed by atoms with Crippen LogP contribution in [0.1, 0.15) is 19.3 Å². The highest BCUT2D eigenvalue weighted by Gasteiger charge is 2.14. The molecule has 0 aromatic rings. The SMILES string of the molecule is N[PH](=O)C1CCCCN1. The first-order chi connectivity index (χ1) is 4.30. The van der Waals surface area contributed by atoms with E-state index in [-0.39, 0.29) is 5.78 Å². The quantitative estimate of drug-likeness (QED) is 0.533. The number of nitrogens with one attached hydrogen (secondary N) is 1. The average molecular weight is 148 g/mol. The molecule has 1 rings (SSSR count). The highest BCUT2D eigenvalue weighted by molar-refractivity contribution is 7.42. The van der Waals surface area contributed by atoms with Gasteiger partial charge >= 0.3 is 0 Å². The molecule has 0 aromatic heterocycles. The Morgan fingerprint density at radius 1 is 1.56 bits per heavy atom. The summed E-state index contributed by atoms with van der Waals surface area (Å²) in [6.45, 7) is 0.984. The molecule has 0 bridgehead atoms. The Labute approximate surface area is 55.8 Å². The lowest BCUT2D eigenvalue weighted by Crippen LogP contribution is -2.32. The monoisotopic (exact) mass is 148 g/mol. The van der Waals surface area contributed by atoms with Gasteiger partial charge in [-0.05, 0) is 19.4 Å². The predicted octanol–water partition coefficient (Wildman–Crippen LogP) is 0.519. The summed E-state index contributed by atoms with van der Waals surface area (Å²) in [7, 11) is -1.80. The maximum atomic E-state index is 10.7. The highest BCUT2D eigenvalue weighted by Crippen LogP contribution is 2.23. The number of rotatable bonds is 1. The molecule has 1 heterocycles. The van der Waals surface area contributed by atoms with Crippen LogP contribution in [-0.4, -0.2) is 12.3 Å². The van der Waals surface area contributed by atoms with Crippen molar-refractivity contribution in [3.63, 3.8) is 0 Å². The summed E-state index contributed by atoms with van der Waals surface area (Å²) in [5.41, 5.74) is 5.25. The second-order valence-corrected chi connectivity index (χ2v) is 3.91. The lowest BCUT2D eigenvalue weighted by molar-refractivity contribution is 0.468. The summed E-state index contributed by atoms with van der Waals surface area (Å²) in [5.74, 6) is 0.128. The van der Waals surface area contributed by atoms with Gasteiger partial charge in [-0.1, -0.05) is 6.42 Å². The third-order valence-electron chi connectivity index (χ3n) is 1.65. The van der Waals surface area contributed by atoms with E-state index in [9.17, 15) is 4.57 Å². The van der Waals surface area contributed by atoms with Crippen LogP contribution in [0.2, 0.25) is 0 Å². The van der Waals surface area contributed by atoms with Gasteiger partial charge in [-0.2, -0.15) is 0 Å². The van der Waals surface area contributed by atoms with E-state index in [1.54, 1.807) is 0 Å². The smallest absolute Gasteiger partial charge is 0.149 e. The topological polar surface area (TPSA) is 55.1 Å². The summed E-state index contributed by atoms with van der Waals surface area (Å²) in [5, 5.41) is 3.13. The number of hydrogen-bond acceptors (Lipinski definition) is 2. The number of nitrogens with two attached hydrogens (primary N) is 1. The fourth-order valence-electron chi connectivity index (χ4n) is 1.09. The Hall–Kier alpha value is 0.150. The summed E-state index contributed by atoms with van der Waals surface area (Å²) in [6, 6.07) is 0. The van der Waals surface area contributed by atoms with Crippen LogP contribution in [0.4, 0.5) is 0 Å². The lowest BCUT2D eigenvalue weighted by Gasteiger charge is -2.20. The Balaban J connectivity index is 2.31. The van der Waals surface area contributed by atoms with Crippen LogP contribution < -0.4 is 10.8 Å². The predicted molar refractivity (Wildman–Crippen MR) is 38.8 cm³/mol. The van der Waals surface area contributed by atoms with Gasteiger partial charge in [0.05, 0.1) is 5.78 Å². The third-order valence-corrected chi connectivity index (χ3v) is 2.83.